The molecule has 2 rings (SSSR count). The van der Waals surface area contributed by atoms with E-state index in [1.165, 1.54) is 18.6 Å². The lowest BCUT2D eigenvalue weighted by Crippen LogP contribution is -2.43. The van der Waals surface area contributed by atoms with Gasteiger partial charge in [-0.1, -0.05) is 13.8 Å². The molecule has 1 aromatic heterocycles. The predicted octanol–water partition coefficient (Wildman–Crippen LogP) is 3.11. The van der Waals surface area contributed by atoms with Gasteiger partial charge in [0, 0.05) is 37.3 Å². The quantitative estimate of drug-likeness (QED) is 0.397. The average molecular weight is 451 g/mol. The monoisotopic (exact) mass is 451 g/mol. The van der Waals surface area contributed by atoms with Crippen LogP contribution in [0.25, 0.3) is 0 Å². The molecule has 0 amide bonds. The molecule has 1 aliphatic heterocycles. The molecule has 1 aromatic rings. The minimum Gasteiger partial charge on any atom is -0.355 e. The number of hydrogen-bond acceptors (Lipinski definition) is 3. The number of rotatable bonds is 6. The van der Waals surface area contributed by atoms with Crippen LogP contribution in [0.2, 0.25) is 0 Å². The molecule has 1 saturated heterocycles. The van der Waals surface area contributed by atoms with Crippen molar-refractivity contribution >= 4 is 41.7 Å². The molecule has 132 valence electrons. The molecule has 0 aliphatic carbocycles. The van der Waals surface area contributed by atoms with Crippen molar-refractivity contribution in [2.24, 2.45) is 10.9 Å². The lowest BCUT2D eigenvalue weighted by atomic mass is 10.1. The van der Waals surface area contributed by atoms with Crippen LogP contribution in [-0.4, -0.2) is 39.6 Å². The fourth-order valence-electron chi connectivity index (χ4n) is 2.70. The molecule has 23 heavy (non-hydrogen) atoms. The lowest BCUT2D eigenvalue weighted by molar-refractivity contribution is 0.503. The van der Waals surface area contributed by atoms with E-state index in [4.69, 9.17) is 0 Å². The smallest absolute Gasteiger partial charge is 0.191 e. The molecule has 0 spiro atoms. The van der Waals surface area contributed by atoms with Crippen LogP contribution in [0.15, 0.2) is 17.4 Å². The van der Waals surface area contributed by atoms with E-state index in [0.29, 0.717) is 17.2 Å². The summed E-state index contributed by atoms with van der Waals surface area (Å²) in [5.41, 5.74) is 0. The summed E-state index contributed by atoms with van der Waals surface area (Å²) in [6.45, 7) is 9.42. The average Bonchev–Trinajstić information content (AvgIpc) is 3.08. The summed E-state index contributed by atoms with van der Waals surface area (Å²) in [5.74, 6) is 3.80. The van der Waals surface area contributed by atoms with Crippen molar-refractivity contribution in [1.82, 2.24) is 20.2 Å². The number of hydrogen-bond donors (Lipinski definition) is 2. The maximum atomic E-state index is 4.44. The number of aliphatic imine (C=N–C) groups is 1. The van der Waals surface area contributed by atoms with Crippen LogP contribution >= 0.6 is 35.7 Å². The van der Waals surface area contributed by atoms with Crippen LogP contribution in [0.5, 0.6) is 0 Å². The van der Waals surface area contributed by atoms with E-state index in [9.17, 15) is 0 Å². The van der Waals surface area contributed by atoms with Crippen LogP contribution in [0.4, 0.5) is 0 Å². The Morgan fingerprint density at radius 2 is 2.26 bits per heavy atom. The van der Waals surface area contributed by atoms with Gasteiger partial charge in [0.2, 0.25) is 0 Å². The molecule has 1 fully saturated rings. The Hall–Kier alpha value is -0.440. The summed E-state index contributed by atoms with van der Waals surface area (Å²) in [4.78, 5) is 8.76. The topological polar surface area (TPSA) is 54.2 Å². The standard InChI is InChI=1S/C16H29N5S.HI/c1-13(2)11-21-8-7-18-14(21)10-19-15(17-4)20-12-16(3)6-5-9-22-16;/h7-8,13H,5-6,9-12H2,1-4H3,(H2,17,19,20);1H. The molecule has 2 heterocycles. The second-order valence-electron chi connectivity index (χ2n) is 6.57. The summed E-state index contributed by atoms with van der Waals surface area (Å²) in [6.07, 6.45) is 6.51. The summed E-state index contributed by atoms with van der Waals surface area (Å²) < 4.78 is 2.55. The van der Waals surface area contributed by atoms with Crippen LogP contribution in [-0.2, 0) is 13.1 Å². The van der Waals surface area contributed by atoms with Gasteiger partial charge < -0.3 is 15.2 Å². The highest BCUT2D eigenvalue weighted by molar-refractivity contribution is 14.0. The third kappa shape index (κ3) is 6.52. The molecule has 1 atom stereocenters. The van der Waals surface area contributed by atoms with Gasteiger partial charge in [0.1, 0.15) is 5.82 Å². The Morgan fingerprint density at radius 1 is 1.48 bits per heavy atom. The molecule has 0 bridgehead atoms. The van der Waals surface area contributed by atoms with Crippen molar-refractivity contribution in [1.29, 1.82) is 0 Å². The van der Waals surface area contributed by atoms with Crippen LogP contribution in [0, 0.1) is 5.92 Å². The summed E-state index contributed by atoms with van der Waals surface area (Å²) >= 11 is 2.06. The first-order chi connectivity index (χ1) is 10.5. The summed E-state index contributed by atoms with van der Waals surface area (Å²) in [5, 5.41) is 6.83. The highest BCUT2D eigenvalue weighted by Crippen LogP contribution is 2.36. The van der Waals surface area contributed by atoms with Gasteiger partial charge in [-0.25, -0.2) is 4.98 Å². The number of guanidine groups is 1. The van der Waals surface area contributed by atoms with Crippen LogP contribution < -0.4 is 10.6 Å². The zero-order valence-corrected chi connectivity index (χ0v) is 17.8. The Morgan fingerprint density at radius 3 is 2.87 bits per heavy atom. The molecule has 1 unspecified atom stereocenters. The molecule has 0 radical (unpaired) electrons. The second-order valence-corrected chi connectivity index (χ2v) is 8.25. The van der Waals surface area contributed by atoms with Crippen molar-refractivity contribution in [3.8, 4) is 0 Å². The number of imidazole rings is 1. The predicted molar refractivity (Wildman–Crippen MR) is 111 cm³/mol. The number of thioether (sulfide) groups is 1. The van der Waals surface area contributed by atoms with E-state index >= 15 is 0 Å². The van der Waals surface area contributed by atoms with E-state index in [1.807, 2.05) is 19.4 Å². The van der Waals surface area contributed by atoms with E-state index in [0.717, 1.165) is 24.9 Å². The van der Waals surface area contributed by atoms with E-state index in [2.05, 4.69) is 57.7 Å². The van der Waals surface area contributed by atoms with Crippen molar-refractivity contribution in [2.75, 3.05) is 19.3 Å². The summed E-state index contributed by atoms with van der Waals surface area (Å²) in [7, 11) is 1.82. The minimum atomic E-state index is 0. The number of aromatic nitrogens is 2. The largest absolute Gasteiger partial charge is 0.355 e. The van der Waals surface area contributed by atoms with E-state index in [1.54, 1.807) is 0 Å². The Labute approximate surface area is 161 Å². The fourth-order valence-corrected chi connectivity index (χ4v) is 3.94. The van der Waals surface area contributed by atoms with Crippen molar-refractivity contribution in [3.63, 3.8) is 0 Å². The molecule has 1 aliphatic rings. The van der Waals surface area contributed by atoms with Gasteiger partial charge in [0.15, 0.2) is 5.96 Å². The van der Waals surface area contributed by atoms with Gasteiger partial charge in [0.05, 0.1) is 6.54 Å². The van der Waals surface area contributed by atoms with Crippen molar-refractivity contribution < 1.29 is 0 Å². The fraction of sp³-hybridized carbons (Fsp3) is 0.750. The molecule has 7 heteroatoms. The zero-order valence-electron chi connectivity index (χ0n) is 14.6. The first kappa shape index (κ1) is 20.6. The van der Waals surface area contributed by atoms with Crippen molar-refractivity contribution in [2.45, 2.75) is 51.4 Å². The molecule has 5 nitrogen and oxygen atoms in total. The van der Waals surface area contributed by atoms with Gasteiger partial charge in [-0.3, -0.25) is 4.99 Å². The molecular weight excluding hydrogens is 421 g/mol. The van der Waals surface area contributed by atoms with Crippen LogP contribution in [0.3, 0.4) is 0 Å². The number of nitrogens with zero attached hydrogens (tertiary/aromatic N) is 3. The molecule has 0 aromatic carbocycles. The minimum absolute atomic E-state index is 0. The SMILES string of the molecule is CN=C(NCc1nccn1CC(C)C)NCC1(C)CCCS1.I. The Kier molecular flexibility index (Phi) is 8.74. The van der Waals surface area contributed by atoms with Gasteiger partial charge in [-0.2, -0.15) is 11.8 Å². The maximum absolute atomic E-state index is 4.44. The third-order valence-corrected chi connectivity index (χ3v) is 5.47. The van der Waals surface area contributed by atoms with Crippen LogP contribution in [0.1, 0.15) is 39.4 Å². The molecular formula is C16H30IN5S. The van der Waals surface area contributed by atoms with Gasteiger partial charge in [-0.15, -0.1) is 24.0 Å². The highest BCUT2D eigenvalue weighted by atomic mass is 127. The van der Waals surface area contributed by atoms with E-state index < -0.39 is 0 Å². The Balaban J connectivity index is 0.00000264. The molecule has 0 saturated carbocycles. The molecule has 2 N–H and O–H groups in total. The van der Waals surface area contributed by atoms with Crippen molar-refractivity contribution in [3.05, 3.63) is 18.2 Å². The second kappa shape index (κ2) is 9.76. The zero-order chi connectivity index (χ0) is 16.0. The highest BCUT2D eigenvalue weighted by Gasteiger charge is 2.29. The first-order valence-electron chi connectivity index (χ1n) is 8.11. The maximum Gasteiger partial charge on any atom is 0.191 e. The normalized spacial score (nSPS) is 21.3. The van der Waals surface area contributed by atoms with Gasteiger partial charge >= 0.3 is 0 Å². The number of halogens is 1. The van der Waals surface area contributed by atoms with E-state index in [-0.39, 0.29) is 24.0 Å². The van der Waals surface area contributed by atoms with Gasteiger partial charge in [-0.05, 0) is 31.4 Å². The summed E-state index contributed by atoms with van der Waals surface area (Å²) in [6, 6.07) is 0. The Bertz CT molecular complexity index is 494. The third-order valence-electron chi connectivity index (χ3n) is 3.93. The van der Waals surface area contributed by atoms with Gasteiger partial charge in [0.25, 0.3) is 0 Å². The number of nitrogens with one attached hydrogen (secondary N) is 2. The lowest BCUT2D eigenvalue weighted by Gasteiger charge is -2.24. The first-order valence-corrected chi connectivity index (χ1v) is 9.09.